The first-order valence-corrected chi connectivity index (χ1v) is 6.14. The molecule has 5 heteroatoms. The van der Waals surface area contributed by atoms with E-state index in [-0.39, 0.29) is 12.5 Å². The molecule has 17 heavy (non-hydrogen) atoms. The number of urea groups is 1. The predicted octanol–water partition coefficient (Wildman–Crippen LogP) is 1.93. The van der Waals surface area contributed by atoms with Crippen molar-refractivity contribution in [2.75, 3.05) is 20.1 Å². The van der Waals surface area contributed by atoms with Crippen molar-refractivity contribution < 1.29 is 14.7 Å². The average Bonchev–Trinajstić information content (AvgIpc) is 2.24. The number of hydrogen-bond donors (Lipinski definition) is 2. The van der Waals surface area contributed by atoms with Gasteiger partial charge in [0.25, 0.3) is 0 Å². The third-order valence-corrected chi connectivity index (χ3v) is 2.48. The third-order valence-electron chi connectivity index (χ3n) is 2.48. The number of carbonyl (C=O) groups is 2. The van der Waals surface area contributed by atoms with Gasteiger partial charge in [-0.25, -0.2) is 4.79 Å². The Kier molecular flexibility index (Phi) is 8.19. The lowest BCUT2D eigenvalue weighted by molar-refractivity contribution is -0.137. The van der Waals surface area contributed by atoms with E-state index in [1.54, 1.807) is 11.9 Å². The zero-order chi connectivity index (χ0) is 13.3. The minimum absolute atomic E-state index is 0.0824. The van der Waals surface area contributed by atoms with Crippen molar-refractivity contribution in [1.29, 1.82) is 0 Å². The molecule has 0 radical (unpaired) electrons. The maximum absolute atomic E-state index is 11.6. The van der Waals surface area contributed by atoms with Gasteiger partial charge in [-0.2, -0.15) is 0 Å². The molecule has 0 aromatic rings. The van der Waals surface area contributed by atoms with Crippen LogP contribution in [0.1, 0.15) is 39.5 Å². The Balaban J connectivity index is 3.53. The molecule has 100 valence electrons. The van der Waals surface area contributed by atoms with E-state index in [4.69, 9.17) is 5.11 Å². The number of nitrogens with one attached hydrogen (secondary N) is 1. The third kappa shape index (κ3) is 9.66. The minimum atomic E-state index is -0.787. The molecule has 0 aliphatic rings. The second kappa shape index (κ2) is 8.84. The zero-order valence-corrected chi connectivity index (χ0v) is 11.0. The summed E-state index contributed by atoms with van der Waals surface area (Å²) in [5.41, 5.74) is 0. The van der Waals surface area contributed by atoms with E-state index in [0.717, 1.165) is 13.0 Å². The maximum Gasteiger partial charge on any atom is 0.317 e. The summed E-state index contributed by atoms with van der Waals surface area (Å²) >= 11 is 0. The standard InChI is InChI=1S/C12H24N2O3/c1-10(2)7-9-14(3)12(17)13-8-5-4-6-11(15)16/h10H,4-9H2,1-3H3,(H,13,17)(H,15,16). The highest BCUT2D eigenvalue weighted by Crippen LogP contribution is 2.00. The molecule has 0 aromatic carbocycles. The summed E-state index contributed by atoms with van der Waals surface area (Å²) in [6.07, 6.45) is 2.46. The normalized spacial score (nSPS) is 10.4. The molecule has 2 amide bonds. The van der Waals surface area contributed by atoms with Crippen LogP contribution in [0.4, 0.5) is 4.79 Å². The fraction of sp³-hybridized carbons (Fsp3) is 0.833. The summed E-state index contributed by atoms with van der Waals surface area (Å²) in [4.78, 5) is 23.5. The number of unbranched alkanes of at least 4 members (excludes halogenated alkanes) is 1. The number of carbonyl (C=O) groups excluding carboxylic acids is 1. The minimum Gasteiger partial charge on any atom is -0.481 e. The van der Waals surface area contributed by atoms with Crippen molar-refractivity contribution in [3.8, 4) is 0 Å². The van der Waals surface area contributed by atoms with E-state index in [2.05, 4.69) is 19.2 Å². The van der Waals surface area contributed by atoms with Gasteiger partial charge in [0.15, 0.2) is 0 Å². The summed E-state index contributed by atoms with van der Waals surface area (Å²) in [6, 6.07) is -0.0824. The van der Waals surface area contributed by atoms with Crippen molar-refractivity contribution in [2.24, 2.45) is 5.92 Å². The molecule has 0 saturated carbocycles. The molecular formula is C12H24N2O3. The molecular weight excluding hydrogens is 220 g/mol. The molecule has 0 saturated heterocycles. The summed E-state index contributed by atoms with van der Waals surface area (Å²) in [5.74, 6) is -0.203. The van der Waals surface area contributed by atoms with Gasteiger partial charge in [-0.3, -0.25) is 4.79 Å². The highest BCUT2D eigenvalue weighted by atomic mass is 16.4. The van der Waals surface area contributed by atoms with E-state index in [1.165, 1.54) is 0 Å². The topological polar surface area (TPSA) is 69.6 Å². The van der Waals surface area contributed by atoms with E-state index < -0.39 is 5.97 Å². The quantitative estimate of drug-likeness (QED) is 0.641. The molecule has 0 aromatic heterocycles. The van der Waals surface area contributed by atoms with Crippen molar-refractivity contribution in [3.63, 3.8) is 0 Å². The van der Waals surface area contributed by atoms with Gasteiger partial charge in [0.2, 0.25) is 0 Å². The molecule has 0 unspecified atom stereocenters. The first-order chi connectivity index (χ1) is 7.93. The van der Waals surface area contributed by atoms with Crippen LogP contribution in [0.3, 0.4) is 0 Å². The SMILES string of the molecule is CC(C)CCN(C)C(=O)NCCCCC(=O)O. The molecule has 0 aliphatic carbocycles. The molecule has 2 N–H and O–H groups in total. The summed E-state index contributed by atoms with van der Waals surface area (Å²) in [7, 11) is 1.77. The Bertz CT molecular complexity index is 242. The van der Waals surface area contributed by atoms with Gasteiger partial charge < -0.3 is 15.3 Å². The molecule has 0 spiro atoms. The number of rotatable bonds is 8. The molecule has 0 fully saturated rings. The van der Waals surface area contributed by atoms with Crippen LogP contribution in [0.2, 0.25) is 0 Å². The Morgan fingerprint density at radius 1 is 1.29 bits per heavy atom. The highest BCUT2D eigenvalue weighted by molar-refractivity contribution is 5.73. The zero-order valence-electron chi connectivity index (χ0n) is 11.0. The molecule has 0 bridgehead atoms. The molecule has 0 aliphatic heterocycles. The smallest absolute Gasteiger partial charge is 0.317 e. The lowest BCUT2D eigenvalue weighted by Gasteiger charge is -2.18. The van der Waals surface area contributed by atoms with Gasteiger partial charge in [-0.1, -0.05) is 13.8 Å². The van der Waals surface area contributed by atoms with E-state index in [0.29, 0.717) is 25.3 Å². The first-order valence-electron chi connectivity index (χ1n) is 6.14. The Morgan fingerprint density at radius 2 is 1.94 bits per heavy atom. The monoisotopic (exact) mass is 244 g/mol. The number of nitrogens with zero attached hydrogens (tertiary/aromatic N) is 1. The van der Waals surface area contributed by atoms with Crippen LogP contribution in [-0.2, 0) is 4.79 Å². The fourth-order valence-corrected chi connectivity index (χ4v) is 1.28. The van der Waals surface area contributed by atoms with Crippen LogP contribution in [0.5, 0.6) is 0 Å². The van der Waals surface area contributed by atoms with Crippen molar-refractivity contribution in [3.05, 3.63) is 0 Å². The molecule has 0 atom stereocenters. The van der Waals surface area contributed by atoms with Crippen LogP contribution in [0.15, 0.2) is 0 Å². The van der Waals surface area contributed by atoms with Gasteiger partial charge in [-0.05, 0) is 25.2 Å². The number of hydrogen-bond acceptors (Lipinski definition) is 2. The van der Waals surface area contributed by atoms with E-state index in [1.807, 2.05) is 0 Å². The van der Waals surface area contributed by atoms with E-state index in [9.17, 15) is 9.59 Å². The summed E-state index contributed by atoms with van der Waals surface area (Å²) in [6.45, 7) is 5.53. The van der Waals surface area contributed by atoms with Crippen molar-refractivity contribution >= 4 is 12.0 Å². The molecule has 0 heterocycles. The Morgan fingerprint density at radius 3 is 2.47 bits per heavy atom. The molecule has 5 nitrogen and oxygen atoms in total. The van der Waals surface area contributed by atoms with Crippen molar-refractivity contribution in [1.82, 2.24) is 10.2 Å². The average molecular weight is 244 g/mol. The number of aliphatic carboxylic acids is 1. The number of carboxylic acids is 1. The lowest BCUT2D eigenvalue weighted by Crippen LogP contribution is -2.38. The first kappa shape index (κ1) is 15.7. The van der Waals surface area contributed by atoms with E-state index >= 15 is 0 Å². The fourth-order valence-electron chi connectivity index (χ4n) is 1.28. The Hall–Kier alpha value is -1.26. The van der Waals surface area contributed by atoms with Gasteiger partial charge in [0.05, 0.1) is 0 Å². The van der Waals surface area contributed by atoms with Gasteiger partial charge >= 0.3 is 12.0 Å². The predicted molar refractivity (Wildman–Crippen MR) is 67.0 cm³/mol. The van der Waals surface area contributed by atoms with Crippen LogP contribution in [0.25, 0.3) is 0 Å². The second-order valence-corrected chi connectivity index (χ2v) is 4.69. The second-order valence-electron chi connectivity index (χ2n) is 4.69. The van der Waals surface area contributed by atoms with Gasteiger partial charge in [0.1, 0.15) is 0 Å². The van der Waals surface area contributed by atoms with Crippen molar-refractivity contribution in [2.45, 2.75) is 39.5 Å². The largest absolute Gasteiger partial charge is 0.481 e. The Labute approximate surface area is 103 Å². The number of amides is 2. The van der Waals surface area contributed by atoms with Crippen LogP contribution in [-0.4, -0.2) is 42.1 Å². The number of carboxylic acid groups (broad SMARTS) is 1. The maximum atomic E-state index is 11.6. The van der Waals surface area contributed by atoms with Crippen LogP contribution in [0, 0.1) is 5.92 Å². The summed E-state index contributed by atoms with van der Waals surface area (Å²) < 4.78 is 0. The highest BCUT2D eigenvalue weighted by Gasteiger charge is 2.07. The summed E-state index contributed by atoms with van der Waals surface area (Å²) in [5, 5.41) is 11.2. The van der Waals surface area contributed by atoms with Gasteiger partial charge in [-0.15, -0.1) is 0 Å². The van der Waals surface area contributed by atoms with Crippen LogP contribution >= 0.6 is 0 Å². The molecule has 0 rings (SSSR count). The van der Waals surface area contributed by atoms with Gasteiger partial charge in [0, 0.05) is 26.6 Å². The lowest BCUT2D eigenvalue weighted by atomic mass is 10.1. The van der Waals surface area contributed by atoms with Crippen LogP contribution < -0.4 is 5.32 Å².